The zero-order chi connectivity index (χ0) is 13.4. The van der Waals surface area contributed by atoms with E-state index in [2.05, 4.69) is 11.8 Å². The molecule has 0 bridgehead atoms. The van der Waals surface area contributed by atoms with Crippen molar-refractivity contribution in [3.63, 3.8) is 0 Å². The van der Waals surface area contributed by atoms with Crippen LogP contribution in [0.15, 0.2) is 12.1 Å². The molecule has 5 heteroatoms. The van der Waals surface area contributed by atoms with Gasteiger partial charge in [0.1, 0.15) is 6.61 Å². The average Bonchev–Trinajstić information content (AvgIpc) is 2.84. The molecule has 0 aliphatic rings. The van der Waals surface area contributed by atoms with E-state index in [0.29, 0.717) is 24.6 Å². The van der Waals surface area contributed by atoms with Gasteiger partial charge in [-0.05, 0) is 19.1 Å². The molecule has 4 nitrogen and oxygen atoms in total. The number of hydrogen-bond donors (Lipinski definition) is 1. The van der Waals surface area contributed by atoms with Crippen molar-refractivity contribution in [2.24, 2.45) is 0 Å². The van der Waals surface area contributed by atoms with Crippen molar-refractivity contribution in [2.45, 2.75) is 6.92 Å². The maximum Gasteiger partial charge on any atom is 0.263 e. The lowest BCUT2D eigenvalue weighted by molar-refractivity contribution is 0.0714. The fraction of sp³-hybridized carbons (Fsp3) is 0.462. The van der Waals surface area contributed by atoms with Crippen molar-refractivity contribution in [1.29, 1.82) is 0 Å². The average molecular weight is 267 g/mol. The van der Waals surface area contributed by atoms with Crippen molar-refractivity contribution in [2.75, 3.05) is 33.4 Å². The summed E-state index contributed by atoms with van der Waals surface area (Å²) in [6.45, 7) is 3.52. The van der Waals surface area contributed by atoms with Crippen LogP contribution in [0.3, 0.4) is 0 Å². The zero-order valence-electron chi connectivity index (χ0n) is 10.6. The topological polar surface area (TPSA) is 49.8 Å². The van der Waals surface area contributed by atoms with Gasteiger partial charge in [0.05, 0.1) is 16.4 Å². The van der Waals surface area contributed by atoms with E-state index in [1.54, 1.807) is 24.1 Å². The van der Waals surface area contributed by atoms with Gasteiger partial charge in [0, 0.05) is 20.2 Å². The first-order chi connectivity index (χ1) is 8.69. The monoisotopic (exact) mass is 267 g/mol. The van der Waals surface area contributed by atoms with Gasteiger partial charge in [0.2, 0.25) is 0 Å². The lowest BCUT2D eigenvalue weighted by atomic mass is 10.4. The van der Waals surface area contributed by atoms with Gasteiger partial charge >= 0.3 is 0 Å². The molecule has 0 spiro atoms. The number of aliphatic hydroxyl groups excluding tert-OH is 1. The van der Waals surface area contributed by atoms with E-state index in [1.807, 2.05) is 6.92 Å². The van der Waals surface area contributed by atoms with E-state index >= 15 is 0 Å². The fourth-order valence-corrected chi connectivity index (χ4v) is 2.16. The van der Waals surface area contributed by atoms with Gasteiger partial charge in [0.15, 0.2) is 0 Å². The Hall–Kier alpha value is -1.35. The SMILES string of the molecule is CCOCCN(C)C(=O)c1ccc(C#CCO)s1. The smallest absolute Gasteiger partial charge is 0.263 e. The standard InChI is InChI=1S/C13H17NO3S/c1-3-17-10-8-14(2)13(16)12-7-6-11(18-12)5-4-9-15/h6-7,15H,3,8-10H2,1-2H3. The van der Waals surface area contributed by atoms with Crippen LogP contribution in [0.4, 0.5) is 0 Å². The first kappa shape index (κ1) is 14.7. The van der Waals surface area contributed by atoms with Gasteiger partial charge in [-0.1, -0.05) is 11.8 Å². The van der Waals surface area contributed by atoms with Gasteiger partial charge in [-0.15, -0.1) is 11.3 Å². The van der Waals surface area contributed by atoms with Crippen LogP contribution < -0.4 is 0 Å². The second-order valence-corrected chi connectivity index (χ2v) is 4.63. The number of hydrogen-bond acceptors (Lipinski definition) is 4. The highest BCUT2D eigenvalue weighted by molar-refractivity contribution is 7.14. The number of nitrogens with zero attached hydrogens (tertiary/aromatic N) is 1. The first-order valence-corrected chi connectivity index (χ1v) is 6.53. The Kier molecular flexibility index (Phi) is 6.44. The summed E-state index contributed by atoms with van der Waals surface area (Å²) in [6.07, 6.45) is 0. The second kappa shape index (κ2) is 7.88. The summed E-state index contributed by atoms with van der Waals surface area (Å²) >= 11 is 1.33. The van der Waals surface area contributed by atoms with Crippen LogP contribution in [0.5, 0.6) is 0 Å². The van der Waals surface area contributed by atoms with Gasteiger partial charge in [-0.25, -0.2) is 0 Å². The number of aliphatic hydroxyl groups is 1. The van der Waals surface area contributed by atoms with Crippen LogP contribution in [0.2, 0.25) is 0 Å². The molecule has 1 aromatic heterocycles. The lowest BCUT2D eigenvalue weighted by Crippen LogP contribution is -2.29. The van der Waals surface area contributed by atoms with E-state index in [1.165, 1.54) is 11.3 Å². The van der Waals surface area contributed by atoms with E-state index in [0.717, 1.165) is 4.88 Å². The second-order valence-electron chi connectivity index (χ2n) is 3.55. The van der Waals surface area contributed by atoms with Gasteiger partial charge in [0.25, 0.3) is 5.91 Å². The Balaban J connectivity index is 2.57. The summed E-state index contributed by atoms with van der Waals surface area (Å²) in [5, 5.41) is 8.59. The summed E-state index contributed by atoms with van der Waals surface area (Å²) in [6, 6.07) is 3.54. The minimum atomic E-state index is -0.171. The van der Waals surface area contributed by atoms with Crippen molar-refractivity contribution in [3.8, 4) is 11.8 Å². The van der Waals surface area contributed by atoms with Gasteiger partial charge in [-0.2, -0.15) is 0 Å². The highest BCUT2D eigenvalue weighted by atomic mass is 32.1. The molecular formula is C13H17NO3S. The summed E-state index contributed by atoms with van der Waals surface area (Å²) in [7, 11) is 1.75. The number of likely N-dealkylation sites (N-methyl/N-ethyl adjacent to an activating group) is 1. The van der Waals surface area contributed by atoms with Crippen LogP contribution >= 0.6 is 11.3 Å². The zero-order valence-corrected chi connectivity index (χ0v) is 11.4. The number of carbonyl (C=O) groups excluding carboxylic acids is 1. The van der Waals surface area contributed by atoms with Crippen LogP contribution in [-0.2, 0) is 4.74 Å². The molecule has 0 fully saturated rings. The molecule has 0 saturated heterocycles. The number of amides is 1. The van der Waals surface area contributed by atoms with Crippen molar-refractivity contribution < 1.29 is 14.6 Å². The Morgan fingerprint density at radius 2 is 2.33 bits per heavy atom. The Morgan fingerprint density at radius 1 is 1.56 bits per heavy atom. The molecule has 0 radical (unpaired) electrons. The van der Waals surface area contributed by atoms with Crippen LogP contribution in [0.25, 0.3) is 0 Å². The lowest BCUT2D eigenvalue weighted by Gasteiger charge is -2.15. The quantitative estimate of drug-likeness (QED) is 0.644. The molecule has 1 amide bonds. The molecular weight excluding hydrogens is 250 g/mol. The third-order valence-corrected chi connectivity index (χ3v) is 3.22. The van der Waals surface area contributed by atoms with Crippen molar-refractivity contribution in [1.82, 2.24) is 4.90 Å². The first-order valence-electron chi connectivity index (χ1n) is 5.71. The fourth-order valence-electron chi connectivity index (χ4n) is 1.28. The van der Waals surface area contributed by atoms with Crippen LogP contribution in [0.1, 0.15) is 21.5 Å². The number of thiophene rings is 1. The van der Waals surface area contributed by atoms with E-state index in [4.69, 9.17) is 9.84 Å². The summed E-state index contributed by atoms with van der Waals surface area (Å²) in [5.74, 6) is 5.31. The van der Waals surface area contributed by atoms with Crippen molar-refractivity contribution >= 4 is 17.2 Å². The van der Waals surface area contributed by atoms with Gasteiger partial charge < -0.3 is 14.7 Å². The predicted octanol–water partition coefficient (Wildman–Crippen LogP) is 1.20. The third kappa shape index (κ3) is 4.49. The largest absolute Gasteiger partial charge is 0.384 e. The molecule has 18 heavy (non-hydrogen) atoms. The van der Waals surface area contributed by atoms with E-state index in [9.17, 15) is 4.79 Å². The summed E-state index contributed by atoms with van der Waals surface area (Å²) in [4.78, 5) is 15.1. The molecule has 0 aromatic carbocycles. The molecule has 1 rings (SSSR count). The molecule has 0 unspecified atom stereocenters. The molecule has 0 saturated carbocycles. The maximum atomic E-state index is 12.0. The number of ether oxygens (including phenoxy) is 1. The van der Waals surface area contributed by atoms with Crippen molar-refractivity contribution in [3.05, 3.63) is 21.9 Å². The molecule has 0 atom stereocenters. The minimum absolute atomic E-state index is 0.0308. The van der Waals surface area contributed by atoms with Gasteiger partial charge in [-0.3, -0.25) is 4.79 Å². The minimum Gasteiger partial charge on any atom is -0.384 e. The molecule has 1 aromatic rings. The van der Waals surface area contributed by atoms with Crippen LogP contribution in [0, 0.1) is 11.8 Å². The molecule has 0 aliphatic carbocycles. The Morgan fingerprint density at radius 3 is 3.00 bits per heavy atom. The highest BCUT2D eigenvalue weighted by Crippen LogP contribution is 2.16. The highest BCUT2D eigenvalue weighted by Gasteiger charge is 2.13. The summed E-state index contributed by atoms with van der Waals surface area (Å²) in [5.41, 5.74) is 0. The Bertz CT molecular complexity index is 445. The maximum absolute atomic E-state index is 12.0. The Labute approximate surface area is 111 Å². The normalized spacial score (nSPS) is 9.72. The molecule has 1 N–H and O–H groups in total. The molecule has 98 valence electrons. The number of rotatable bonds is 5. The molecule has 1 heterocycles. The van der Waals surface area contributed by atoms with E-state index < -0.39 is 0 Å². The predicted molar refractivity (Wildman–Crippen MR) is 71.7 cm³/mol. The van der Waals surface area contributed by atoms with Crippen LogP contribution in [-0.4, -0.2) is 49.3 Å². The third-order valence-electron chi connectivity index (χ3n) is 2.23. The summed E-state index contributed by atoms with van der Waals surface area (Å²) < 4.78 is 5.21. The van der Waals surface area contributed by atoms with E-state index in [-0.39, 0.29) is 12.5 Å². The number of carbonyl (C=O) groups is 1. The molecule has 0 aliphatic heterocycles.